The Bertz CT molecular complexity index is 1290. The quantitative estimate of drug-likeness (QED) is 0.470. The Balaban J connectivity index is 1.93. The molecule has 0 radical (unpaired) electrons. The molecular weight excluding hydrogens is 473 g/mol. The molecule has 0 saturated heterocycles. The van der Waals surface area contributed by atoms with Crippen LogP contribution in [0.3, 0.4) is 0 Å². The molecule has 3 N–H and O–H groups in total. The number of nitrogens with one attached hydrogen (secondary N) is 1. The summed E-state index contributed by atoms with van der Waals surface area (Å²) >= 11 is 0. The van der Waals surface area contributed by atoms with Crippen molar-refractivity contribution >= 4 is 21.6 Å². The van der Waals surface area contributed by atoms with Crippen LogP contribution in [0.2, 0.25) is 0 Å². The maximum atomic E-state index is 13.3. The number of primary sulfonamides is 1. The van der Waals surface area contributed by atoms with Crippen molar-refractivity contribution in [1.82, 2.24) is 0 Å². The van der Waals surface area contributed by atoms with Gasteiger partial charge in [-0.15, -0.1) is 0 Å². The van der Waals surface area contributed by atoms with Gasteiger partial charge in [0.15, 0.2) is 0 Å². The molecule has 0 heterocycles. The first kappa shape index (κ1) is 25.1. The summed E-state index contributed by atoms with van der Waals surface area (Å²) in [6.07, 6.45) is -4.73. The fourth-order valence-corrected chi connectivity index (χ4v) is 3.46. The Labute approximate surface area is 194 Å². The zero-order chi connectivity index (χ0) is 25.1. The number of amides is 1. The summed E-state index contributed by atoms with van der Waals surface area (Å²) < 4.78 is 74.0. The highest BCUT2D eigenvalue weighted by Gasteiger charge is 2.32. The Morgan fingerprint density at radius 3 is 2.21 bits per heavy atom. The topological polar surface area (TPSA) is 108 Å². The van der Waals surface area contributed by atoms with Crippen molar-refractivity contribution in [3.8, 4) is 17.2 Å². The summed E-state index contributed by atoms with van der Waals surface area (Å²) in [5, 5.41) is 7.54. The molecule has 3 aromatic carbocycles. The van der Waals surface area contributed by atoms with Crippen LogP contribution in [0.25, 0.3) is 0 Å². The lowest BCUT2D eigenvalue weighted by atomic mass is 10.1. The van der Waals surface area contributed by atoms with Gasteiger partial charge in [0.05, 0.1) is 22.1 Å². The normalized spacial score (nSPS) is 11.9. The van der Waals surface area contributed by atoms with Crippen molar-refractivity contribution in [3.05, 3.63) is 77.9 Å². The third kappa shape index (κ3) is 6.49. The van der Waals surface area contributed by atoms with Gasteiger partial charge in [-0.1, -0.05) is 6.07 Å². The molecule has 0 unspecified atom stereocenters. The van der Waals surface area contributed by atoms with E-state index in [0.717, 1.165) is 18.2 Å². The molecule has 0 atom stereocenters. The summed E-state index contributed by atoms with van der Waals surface area (Å²) in [6.45, 7) is 3.69. The van der Waals surface area contributed by atoms with Crippen LogP contribution in [0.1, 0.15) is 29.8 Å². The largest absolute Gasteiger partial charge is 0.491 e. The fraction of sp³-hybridized carbons (Fsp3) is 0.174. The molecule has 1 amide bonds. The average Bonchev–Trinajstić information content (AvgIpc) is 2.73. The Morgan fingerprint density at radius 2 is 1.62 bits per heavy atom. The summed E-state index contributed by atoms with van der Waals surface area (Å²) in [6, 6.07) is 13.7. The fourth-order valence-electron chi connectivity index (χ4n) is 2.91. The maximum absolute atomic E-state index is 13.3. The van der Waals surface area contributed by atoms with Crippen molar-refractivity contribution in [2.24, 2.45) is 5.14 Å². The number of sulfonamides is 1. The molecule has 11 heteroatoms. The Morgan fingerprint density at radius 1 is 0.971 bits per heavy atom. The van der Waals surface area contributed by atoms with Crippen molar-refractivity contribution in [2.45, 2.75) is 31.0 Å². The predicted octanol–water partition coefficient (Wildman–Crippen LogP) is 5.18. The number of halogens is 3. The molecule has 34 heavy (non-hydrogen) atoms. The average molecular weight is 494 g/mol. The van der Waals surface area contributed by atoms with Gasteiger partial charge in [-0.05, 0) is 74.5 Å². The second-order valence-corrected chi connectivity index (χ2v) is 9.04. The molecule has 0 aromatic heterocycles. The first-order valence-electron chi connectivity index (χ1n) is 9.93. The van der Waals surface area contributed by atoms with Gasteiger partial charge in [0.2, 0.25) is 10.0 Å². The van der Waals surface area contributed by atoms with E-state index >= 15 is 0 Å². The molecule has 180 valence electrons. The van der Waals surface area contributed by atoms with Crippen LogP contribution in [0.4, 0.5) is 18.9 Å². The highest BCUT2D eigenvalue weighted by molar-refractivity contribution is 7.89. The van der Waals surface area contributed by atoms with Gasteiger partial charge in [0.25, 0.3) is 5.91 Å². The van der Waals surface area contributed by atoms with E-state index in [1.165, 1.54) is 30.3 Å². The predicted molar refractivity (Wildman–Crippen MR) is 119 cm³/mol. The lowest BCUT2D eigenvalue weighted by Gasteiger charge is -2.15. The number of nitrogens with two attached hydrogens (primary N) is 1. The number of hydrogen-bond acceptors (Lipinski definition) is 5. The third-order valence-electron chi connectivity index (χ3n) is 4.40. The standard InChI is InChI=1S/C23H21F3N2O5S/c1-14(2)32-17-7-9-18(10-8-17)33-21-12-15(23(24,25)26)6-11-20(21)22(29)28-16-4-3-5-19(13-16)34(27,30)31/h3-14H,1-2H3,(H,28,29)(H2,27,30,31). The minimum Gasteiger partial charge on any atom is -0.491 e. The van der Waals surface area contributed by atoms with Crippen molar-refractivity contribution in [3.63, 3.8) is 0 Å². The maximum Gasteiger partial charge on any atom is 0.416 e. The van der Waals surface area contributed by atoms with Crippen LogP contribution in [-0.2, 0) is 16.2 Å². The monoisotopic (exact) mass is 494 g/mol. The van der Waals surface area contributed by atoms with E-state index in [2.05, 4.69) is 5.32 Å². The first-order chi connectivity index (χ1) is 15.8. The molecule has 0 aliphatic rings. The molecule has 0 aliphatic carbocycles. The second-order valence-electron chi connectivity index (χ2n) is 7.48. The first-order valence-corrected chi connectivity index (χ1v) is 11.5. The zero-order valence-electron chi connectivity index (χ0n) is 18.1. The van der Waals surface area contributed by atoms with E-state index in [-0.39, 0.29) is 33.7 Å². The van der Waals surface area contributed by atoms with Crippen LogP contribution in [0.5, 0.6) is 17.2 Å². The summed E-state index contributed by atoms with van der Waals surface area (Å²) in [4.78, 5) is 12.6. The zero-order valence-corrected chi connectivity index (χ0v) is 18.9. The van der Waals surface area contributed by atoms with E-state index in [0.29, 0.717) is 11.8 Å². The summed E-state index contributed by atoms with van der Waals surface area (Å²) in [5.41, 5.74) is -1.12. The molecule has 0 aliphatic heterocycles. The van der Waals surface area contributed by atoms with Crippen LogP contribution in [0, 0.1) is 0 Å². The van der Waals surface area contributed by atoms with Gasteiger partial charge in [-0.3, -0.25) is 4.79 Å². The molecule has 3 aromatic rings. The van der Waals surface area contributed by atoms with Crippen LogP contribution < -0.4 is 19.9 Å². The van der Waals surface area contributed by atoms with Gasteiger partial charge in [0.1, 0.15) is 17.2 Å². The Hall–Kier alpha value is -3.57. The molecule has 0 fully saturated rings. The van der Waals surface area contributed by atoms with E-state index in [4.69, 9.17) is 14.6 Å². The van der Waals surface area contributed by atoms with E-state index in [9.17, 15) is 26.4 Å². The minimum absolute atomic E-state index is 0.0710. The highest BCUT2D eigenvalue weighted by Crippen LogP contribution is 2.35. The number of alkyl halides is 3. The highest BCUT2D eigenvalue weighted by atomic mass is 32.2. The SMILES string of the molecule is CC(C)Oc1ccc(Oc2cc(C(F)(F)F)ccc2C(=O)Nc2cccc(S(N)(=O)=O)c2)cc1. The van der Waals surface area contributed by atoms with Crippen molar-refractivity contribution < 1.29 is 35.9 Å². The number of ether oxygens (including phenoxy) is 2. The number of rotatable bonds is 7. The van der Waals surface area contributed by atoms with E-state index in [1.807, 2.05) is 13.8 Å². The third-order valence-corrected chi connectivity index (χ3v) is 5.31. The van der Waals surface area contributed by atoms with Crippen molar-refractivity contribution in [2.75, 3.05) is 5.32 Å². The van der Waals surface area contributed by atoms with Gasteiger partial charge >= 0.3 is 6.18 Å². The van der Waals surface area contributed by atoms with Crippen LogP contribution in [0.15, 0.2) is 71.6 Å². The van der Waals surface area contributed by atoms with Gasteiger partial charge in [0, 0.05) is 5.69 Å². The van der Waals surface area contributed by atoms with Gasteiger partial charge < -0.3 is 14.8 Å². The molecule has 3 rings (SSSR count). The van der Waals surface area contributed by atoms with E-state index in [1.54, 1.807) is 12.1 Å². The van der Waals surface area contributed by atoms with E-state index < -0.39 is 27.7 Å². The van der Waals surface area contributed by atoms with Crippen molar-refractivity contribution in [1.29, 1.82) is 0 Å². The Kier molecular flexibility index (Phi) is 7.18. The molecule has 7 nitrogen and oxygen atoms in total. The minimum atomic E-state index is -4.66. The molecular formula is C23H21F3N2O5S. The number of benzene rings is 3. The summed E-state index contributed by atoms with van der Waals surface area (Å²) in [7, 11) is -4.02. The summed E-state index contributed by atoms with van der Waals surface area (Å²) in [5.74, 6) is -0.428. The van der Waals surface area contributed by atoms with Gasteiger partial charge in [-0.25, -0.2) is 13.6 Å². The molecule has 0 spiro atoms. The smallest absolute Gasteiger partial charge is 0.416 e. The lowest BCUT2D eigenvalue weighted by molar-refractivity contribution is -0.137. The van der Waals surface area contributed by atoms with Crippen LogP contribution >= 0.6 is 0 Å². The number of hydrogen-bond donors (Lipinski definition) is 2. The van der Waals surface area contributed by atoms with Gasteiger partial charge in [-0.2, -0.15) is 13.2 Å². The molecule has 0 bridgehead atoms. The second kappa shape index (κ2) is 9.74. The number of carbonyl (C=O) groups is 1. The number of anilines is 1. The molecule has 0 saturated carbocycles. The van der Waals surface area contributed by atoms with Crippen LogP contribution in [-0.4, -0.2) is 20.4 Å². The number of carbonyl (C=O) groups excluding carboxylic acids is 1. The lowest BCUT2D eigenvalue weighted by Crippen LogP contribution is -2.16.